The topological polar surface area (TPSA) is 182 Å². The van der Waals surface area contributed by atoms with Gasteiger partial charge in [-0.3, -0.25) is 19.9 Å². The number of aromatic amines is 1. The SMILES string of the molecule is CC(C)(C)OC(=O)N1CC=C(c2c[nH]c3cccnc23)CC1.Cl.O=S(=O)(Cl)c1cnc2ccccc2c1.O=S(=O)(c1cnc2ccccc2c1)n1cc(C2=CCNCC2)c2ncccc21. The van der Waals surface area contributed by atoms with Crippen LogP contribution in [0.2, 0.25) is 0 Å². The minimum Gasteiger partial charge on any atom is -0.444 e. The van der Waals surface area contributed by atoms with Crippen molar-refractivity contribution in [3.05, 3.63) is 145 Å². The van der Waals surface area contributed by atoms with Crippen LogP contribution in [-0.4, -0.2) is 88.5 Å². The van der Waals surface area contributed by atoms with E-state index in [4.69, 9.17) is 15.4 Å². The number of benzene rings is 2. The number of para-hydroxylation sites is 2. The number of hydrogen-bond acceptors (Lipinski definition) is 11. The number of hydrogen-bond donors (Lipinski definition) is 2. The summed E-state index contributed by atoms with van der Waals surface area (Å²) in [6.07, 6.45) is 15.4. The van der Waals surface area contributed by atoms with E-state index in [1.165, 1.54) is 28.0 Å². The molecule has 0 unspecified atom stereocenters. The van der Waals surface area contributed by atoms with Crippen molar-refractivity contribution in [2.45, 2.75) is 49.0 Å². The molecule has 2 N–H and O–H groups in total. The van der Waals surface area contributed by atoms with Crippen LogP contribution < -0.4 is 5.32 Å². The number of halogens is 2. The Kier molecular flexibility index (Phi) is 14.1. The minimum absolute atomic E-state index is 0. The summed E-state index contributed by atoms with van der Waals surface area (Å²) >= 11 is 0. The number of pyridine rings is 4. The van der Waals surface area contributed by atoms with Crippen molar-refractivity contribution in [3.63, 3.8) is 0 Å². The third-order valence-corrected chi connectivity index (χ3v) is 13.5. The van der Waals surface area contributed by atoms with Gasteiger partial charge >= 0.3 is 6.09 Å². The molecule has 0 bridgehead atoms. The molecule has 0 saturated heterocycles. The van der Waals surface area contributed by atoms with Gasteiger partial charge in [-0.15, -0.1) is 12.4 Å². The van der Waals surface area contributed by atoms with Crippen molar-refractivity contribution in [1.29, 1.82) is 0 Å². The first-order valence-corrected chi connectivity index (χ1v) is 24.3. The Bertz CT molecular complexity index is 3330. The molecule has 0 fully saturated rings. The molecule has 8 heterocycles. The third-order valence-electron chi connectivity index (χ3n) is 10.5. The van der Waals surface area contributed by atoms with Crippen LogP contribution in [0.5, 0.6) is 0 Å². The number of nitrogens with zero attached hydrogens (tertiary/aromatic N) is 6. The molecule has 8 aromatic rings. The van der Waals surface area contributed by atoms with E-state index >= 15 is 0 Å². The van der Waals surface area contributed by atoms with Crippen LogP contribution in [0.15, 0.2) is 144 Å². The molecule has 18 heteroatoms. The third kappa shape index (κ3) is 10.7. The number of H-pyrrole nitrogens is 1. The highest BCUT2D eigenvalue weighted by Crippen LogP contribution is 2.32. The van der Waals surface area contributed by atoms with Crippen molar-refractivity contribution < 1.29 is 26.4 Å². The van der Waals surface area contributed by atoms with Crippen LogP contribution in [0.3, 0.4) is 0 Å². The number of fused-ring (bicyclic) bond motifs is 4. The molecule has 10 rings (SSSR count). The summed E-state index contributed by atoms with van der Waals surface area (Å²) in [5.74, 6) is 0. The largest absolute Gasteiger partial charge is 0.444 e. The predicted molar refractivity (Wildman–Crippen MR) is 258 cm³/mol. The summed E-state index contributed by atoms with van der Waals surface area (Å²) in [5.41, 5.74) is 8.69. The Balaban J connectivity index is 0.000000152. The average molecular weight is 954 g/mol. The van der Waals surface area contributed by atoms with Crippen LogP contribution in [0.1, 0.15) is 44.7 Å². The Labute approximate surface area is 387 Å². The van der Waals surface area contributed by atoms with Gasteiger partial charge in [0, 0.05) is 89.4 Å². The van der Waals surface area contributed by atoms with Gasteiger partial charge in [-0.05, 0) is 99.8 Å². The van der Waals surface area contributed by atoms with Crippen molar-refractivity contribution in [1.82, 2.24) is 39.1 Å². The highest BCUT2D eigenvalue weighted by molar-refractivity contribution is 8.13. The van der Waals surface area contributed by atoms with Crippen molar-refractivity contribution >= 4 is 103 Å². The van der Waals surface area contributed by atoms with Crippen LogP contribution in [0.4, 0.5) is 4.79 Å². The summed E-state index contributed by atoms with van der Waals surface area (Å²) in [6.45, 7) is 8.53. The van der Waals surface area contributed by atoms with Gasteiger partial charge in [-0.2, -0.15) is 0 Å². The number of amides is 1. The molecular formula is C47H46Cl2N8O6S2. The summed E-state index contributed by atoms with van der Waals surface area (Å²) in [7, 11) is -2.30. The molecule has 2 aliphatic heterocycles. The molecule has 0 spiro atoms. The fraction of sp³-hybridized carbons (Fsp3) is 0.213. The highest BCUT2D eigenvalue weighted by Gasteiger charge is 2.26. The van der Waals surface area contributed by atoms with E-state index in [1.807, 2.05) is 75.5 Å². The minimum atomic E-state index is -3.80. The smallest absolute Gasteiger partial charge is 0.410 e. The standard InChI is InChI=1S/C21H18N4O2S.C17H21N3O2.C9H6ClNO2S.ClH/c26-28(27,17-12-16-4-1-2-5-19(16)24-13-17)25-14-18(15-7-10-22-11-8-15)21-20(25)6-3-9-23-21;1-17(2,3)22-16(21)20-9-6-12(7-10-20)13-11-19-14-5-4-8-18-15(13)14;10-14(12,13)8-5-7-3-1-2-4-9(7)11-6-8;/h1-7,9,12-14,22H,8,10-11H2;4-6,8,11,19H,7,9-10H2,1-3H3;1-6H;1H. The first-order chi connectivity index (χ1) is 30.7. The lowest BCUT2D eigenvalue weighted by atomic mass is 10.0. The molecule has 2 aliphatic rings. The zero-order valence-corrected chi connectivity index (χ0v) is 38.9. The van der Waals surface area contributed by atoms with Crippen LogP contribution >= 0.6 is 23.1 Å². The molecule has 0 aliphatic carbocycles. The Morgan fingerprint density at radius 1 is 0.754 bits per heavy atom. The van der Waals surface area contributed by atoms with E-state index in [1.54, 1.807) is 53.8 Å². The van der Waals surface area contributed by atoms with Gasteiger partial charge < -0.3 is 19.9 Å². The molecule has 6 aromatic heterocycles. The summed E-state index contributed by atoms with van der Waals surface area (Å²) in [4.78, 5) is 34.5. The van der Waals surface area contributed by atoms with Gasteiger partial charge in [-0.25, -0.2) is 25.6 Å². The molecule has 14 nitrogen and oxygen atoms in total. The highest BCUT2D eigenvalue weighted by atomic mass is 35.7. The first kappa shape index (κ1) is 46.8. The van der Waals surface area contributed by atoms with Gasteiger partial charge in [-0.1, -0.05) is 48.6 Å². The zero-order valence-electron chi connectivity index (χ0n) is 35.7. The Morgan fingerprint density at radius 3 is 2.02 bits per heavy atom. The summed E-state index contributed by atoms with van der Waals surface area (Å²) in [6, 6.07) is 25.4. The second kappa shape index (κ2) is 19.5. The zero-order chi connectivity index (χ0) is 45.1. The number of nitrogens with one attached hydrogen (secondary N) is 2. The van der Waals surface area contributed by atoms with Gasteiger partial charge in [0.05, 0.1) is 33.1 Å². The lowest BCUT2D eigenvalue weighted by Crippen LogP contribution is -2.39. The van der Waals surface area contributed by atoms with Gasteiger partial charge in [0.1, 0.15) is 15.4 Å². The average Bonchev–Trinajstić information content (AvgIpc) is 3.92. The van der Waals surface area contributed by atoms with Gasteiger partial charge in [0.25, 0.3) is 19.1 Å². The van der Waals surface area contributed by atoms with E-state index in [9.17, 15) is 21.6 Å². The predicted octanol–water partition coefficient (Wildman–Crippen LogP) is 9.37. The number of carbonyl (C=O) groups is 1. The quantitative estimate of drug-likeness (QED) is 0.157. The Morgan fingerprint density at radius 2 is 1.38 bits per heavy atom. The van der Waals surface area contributed by atoms with E-state index < -0.39 is 24.7 Å². The second-order valence-electron chi connectivity index (χ2n) is 16.1. The van der Waals surface area contributed by atoms with Crippen molar-refractivity contribution in [3.8, 4) is 0 Å². The maximum Gasteiger partial charge on any atom is 0.410 e. The van der Waals surface area contributed by atoms with Gasteiger partial charge in [0.15, 0.2) is 0 Å². The van der Waals surface area contributed by atoms with Crippen LogP contribution in [0.25, 0.3) is 55.0 Å². The normalized spacial score (nSPS) is 14.4. The lowest BCUT2D eigenvalue weighted by molar-refractivity contribution is 0.0270. The first-order valence-electron chi connectivity index (χ1n) is 20.5. The molecule has 2 aromatic carbocycles. The number of carbonyl (C=O) groups excluding carboxylic acids is 1. The number of ether oxygens (including phenoxy) is 1. The summed E-state index contributed by atoms with van der Waals surface area (Å²) < 4.78 is 55.7. The van der Waals surface area contributed by atoms with E-state index in [0.29, 0.717) is 24.1 Å². The Hall–Kier alpha value is -6.17. The number of rotatable bonds is 5. The molecule has 1 amide bonds. The molecule has 0 saturated carbocycles. The van der Waals surface area contributed by atoms with E-state index in [-0.39, 0.29) is 28.3 Å². The fourth-order valence-corrected chi connectivity index (χ4v) is 9.47. The monoisotopic (exact) mass is 952 g/mol. The van der Waals surface area contributed by atoms with Gasteiger partial charge in [0.2, 0.25) is 0 Å². The van der Waals surface area contributed by atoms with E-state index in [2.05, 4.69) is 42.4 Å². The van der Waals surface area contributed by atoms with Crippen LogP contribution in [-0.2, 0) is 23.8 Å². The molecule has 336 valence electrons. The second-order valence-corrected chi connectivity index (χ2v) is 20.5. The molecule has 0 radical (unpaired) electrons. The molecule has 0 atom stereocenters. The van der Waals surface area contributed by atoms with Crippen LogP contribution in [0, 0.1) is 0 Å². The molecular weight excluding hydrogens is 908 g/mol. The number of aromatic nitrogens is 6. The molecule has 65 heavy (non-hydrogen) atoms. The van der Waals surface area contributed by atoms with Crippen molar-refractivity contribution in [2.75, 3.05) is 26.2 Å². The summed E-state index contributed by atoms with van der Waals surface area (Å²) in [5, 5.41) is 4.83. The fourth-order valence-electron chi connectivity index (χ4n) is 7.43. The lowest BCUT2D eigenvalue weighted by Gasteiger charge is -2.29. The maximum absolute atomic E-state index is 13.5. The maximum atomic E-state index is 13.5. The van der Waals surface area contributed by atoms with E-state index in [0.717, 1.165) is 75.5 Å². The van der Waals surface area contributed by atoms with Crippen molar-refractivity contribution in [2.24, 2.45) is 0 Å².